The monoisotopic (exact) mass is 308 g/mol. The number of hydrogen-bond donors (Lipinski definition) is 1. The Balaban J connectivity index is 2.23. The molecule has 1 saturated carbocycles. The fourth-order valence-corrected chi connectivity index (χ4v) is 2.65. The van der Waals surface area contributed by atoms with Gasteiger partial charge in [0.1, 0.15) is 0 Å². The number of anilines is 1. The van der Waals surface area contributed by atoms with Gasteiger partial charge in [-0.3, -0.25) is 0 Å². The van der Waals surface area contributed by atoms with Crippen LogP contribution in [-0.4, -0.2) is 18.1 Å². The third-order valence-corrected chi connectivity index (χ3v) is 4.18. The number of nitrogens with zero attached hydrogens (tertiary/aromatic N) is 1. The maximum absolute atomic E-state index is 6.26. The van der Waals surface area contributed by atoms with E-state index in [2.05, 4.69) is 57.0 Å². The highest BCUT2D eigenvalue weighted by Crippen LogP contribution is 2.34. The normalized spacial score (nSPS) is 15.6. The summed E-state index contributed by atoms with van der Waals surface area (Å²) in [5.74, 6) is 0.870. The topological polar surface area (TPSA) is 15.3 Å². The van der Waals surface area contributed by atoms with Crippen LogP contribution < -0.4 is 10.2 Å². The fourth-order valence-electron chi connectivity index (χ4n) is 2.48. The molecule has 2 rings (SSSR count). The lowest BCUT2D eigenvalue weighted by molar-refractivity contribution is 0.424. The van der Waals surface area contributed by atoms with Crippen molar-refractivity contribution in [2.75, 3.05) is 11.4 Å². The summed E-state index contributed by atoms with van der Waals surface area (Å²) in [6.45, 7) is 13.2. The Labute approximate surface area is 134 Å². The average molecular weight is 309 g/mol. The smallest absolute Gasteiger partial charge is 0.0429 e. The summed E-state index contributed by atoms with van der Waals surface area (Å²) < 4.78 is 0. The van der Waals surface area contributed by atoms with E-state index < -0.39 is 0 Å². The van der Waals surface area contributed by atoms with Crippen molar-refractivity contribution in [2.45, 2.75) is 65.6 Å². The first-order valence-corrected chi connectivity index (χ1v) is 8.44. The van der Waals surface area contributed by atoms with Crippen LogP contribution in [0.3, 0.4) is 0 Å². The Hall–Kier alpha value is -0.730. The Bertz CT molecular complexity index is 473. The number of nitrogens with one attached hydrogen (secondary N) is 1. The van der Waals surface area contributed by atoms with Crippen LogP contribution in [0.15, 0.2) is 18.2 Å². The molecule has 1 N–H and O–H groups in total. The molecule has 3 heteroatoms. The van der Waals surface area contributed by atoms with Crippen LogP contribution in [0.2, 0.25) is 5.02 Å². The highest BCUT2D eigenvalue weighted by Gasteiger charge is 2.27. The van der Waals surface area contributed by atoms with Gasteiger partial charge < -0.3 is 10.2 Å². The molecule has 118 valence electrons. The van der Waals surface area contributed by atoms with Crippen molar-refractivity contribution in [3.8, 4) is 0 Å². The van der Waals surface area contributed by atoms with E-state index in [0.717, 1.165) is 24.0 Å². The Morgan fingerprint density at radius 2 is 1.95 bits per heavy atom. The van der Waals surface area contributed by atoms with Crippen molar-refractivity contribution < 1.29 is 0 Å². The molecule has 1 aliphatic rings. The minimum Gasteiger partial charge on any atom is -0.369 e. The lowest BCUT2D eigenvalue weighted by Crippen LogP contribution is -2.37. The van der Waals surface area contributed by atoms with Gasteiger partial charge >= 0.3 is 0 Å². The summed E-state index contributed by atoms with van der Waals surface area (Å²) in [6.07, 6.45) is 2.75. The van der Waals surface area contributed by atoms with Gasteiger partial charge in [0.25, 0.3) is 0 Å². The number of benzene rings is 1. The molecule has 0 aromatic heterocycles. The molecule has 1 fully saturated rings. The van der Waals surface area contributed by atoms with E-state index >= 15 is 0 Å². The van der Waals surface area contributed by atoms with E-state index in [9.17, 15) is 0 Å². The summed E-state index contributed by atoms with van der Waals surface area (Å²) in [4.78, 5) is 2.52. The van der Waals surface area contributed by atoms with E-state index in [0.29, 0.717) is 6.04 Å². The van der Waals surface area contributed by atoms with Crippen LogP contribution in [-0.2, 0) is 6.54 Å². The van der Waals surface area contributed by atoms with Gasteiger partial charge in [0.05, 0.1) is 0 Å². The first-order chi connectivity index (χ1) is 9.76. The minimum atomic E-state index is 0.121. The zero-order valence-corrected chi connectivity index (χ0v) is 14.8. The third-order valence-electron chi connectivity index (χ3n) is 3.94. The van der Waals surface area contributed by atoms with Crippen LogP contribution in [0.1, 0.15) is 53.0 Å². The largest absolute Gasteiger partial charge is 0.369 e. The second-order valence-corrected chi connectivity index (χ2v) is 8.00. The molecule has 0 bridgehead atoms. The maximum atomic E-state index is 6.26. The molecular weight excluding hydrogens is 280 g/mol. The second-order valence-electron chi connectivity index (χ2n) is 7.57. The van der Waals surface area contributed by atoms with E-state index in [1.165, 1.54) is 24.1 Å². The van der Waals surface area contributed by atoms with Gasteiger partial charge in [-0.1, -0.05) is 17.7 Å². The van der Waals surface area contributed by atoms with Crippen LogP contribution >= 0.6 is 11.6 Å². The van der Waals surface area contributed by atoms with Gasteiger partial charge in [-0.25, -0.2) is 0 Å². The average Bonchev–Trinajstić information content (AvgIpc) is 3.17. The minimum absolute atomic E-state index is 0.121. The number of halogens is 1. The maximum Gasteiger partial charge on any atom is 0.0429 e. The summed E-state index contributed by atoms with van der Waals surface area (Å²) >= 11 is 6.26. The second kappa shape index (κ2) is 6.58. The molecule has 0 heterocycles. The zero-order valence-electron chi connectivity index (χ0n) is 14.0. The highest BCUT2D eigenvalue weighted by atomic mass is 35.5. The molecular formula is C18H29ClN2. The van der Waals surface area contributed by atoms with Gasteiger partial charge in [0.2, 0.25) is 0 Å². The lowest BCUT2D eigenvalue weighted by Gasteiger charge is -2.32. The Morgan fingerprint density at radius 1 is 1.29 bits per heavy atom. The van der Waals surface area contributed by atoms with Crippen molar-refractivity contribution in [3.05, 3.63) is 28.8 Å². The predicted molar refractivity (Wildman–Crippen MR) is 93.3 cm³/mol. The van der Waals surface area contributed by atoms with Gasteiger partial charge in [0, 0.05) is 35.4 Å². The molecule has 0 aliphatic heterocycles. The van der Waals surface area contributed by atoms with Gasteiger partial charge in [0.15, 0.2) is 0 Å². The molecule has 1 aromatic carbocycles. The summed E-state index contributed by atoms with van der Waals surface area (Å²) in [5, 5.41) is 4.42. The Morgan fingerprint density at radius 3 is 2.48 bits per heavy atom. The van der Waals surface area contributed by atoms with Gasteiger partial charge in [-0.15, -0.1) is 0 Å². The fraction of sp³-hybridized carbons (Fsp3) is 0.667. The van der Waals surface area contributed by atoms with E-state index in [1.54, 1.807) is 0 Å². The SMILES string of the molecule is CC(C)N(CC1CC1)c1cc(Cl)ccc1CNC(C)(C)C. The van der Waals surface area contributed by atoms with E-state index in [4.69, 9.17) is 11.6 Å². The summed E-state index contributed by atoms with van der Waals surface area (Å²) in [6, 6.07) is 6.79. The van der Waals surface area contributed by atoms with E-state index in [1.807, 2.05) is 6.07 Å². The Kier molecular flexibility index (Phi) is 5.21. The third kappa shape index (κ3) is 5.19. The van der Waals surface area contributed by atoms with Crippen LogP contribution in [0, 0.1) is 5.92 Å². The lowest BCUT2D eigenvalue weighted by atomic mass is 10.1. The first kappa shape index (κ1) is 16.6. The molecule has 1 aliphatic carbocycles. The standard InChI is InChI=1S/C18H29ClN2/c1-13(2)21(12-14-6-7-14)17-10-16(19)9-8-15(17)11-20-18(3,4)5/h8-10,13-14,20H,6-7,11-12H2,1-5H3. The van der Waals surface area contributed by atoms with Crippen molar-refractivity contribution in [1.29, 1.82) is 0 Å². The molecule has 1 aromatic rings. The molecule has 0 saturated heterocycles. The molecule has 21 heavy (non-hydrogen) atoms. The van der Waals surface area contributed by atoms with Crippen molar-refractivity contribution >= 4 is 17.3 Å². The number of hydrogen-bond acceptors (Lipinski definition) is 2. The summed E-state index contributed by atoms with van der Waals surface area (Å²) in [7, 11) is 0. The molecule has 2 nitrogen and oxygen atoms in total. The van der Waals surface area contributed by atoms with Crippen LogP contribution in [0.4, 0.5) is 5.69 Å². The molecule has 0 radical (unpaired) electrons. The van der Waals surface area contributed by atoms with Crippen molar-refractivity contribution in [1.82, 2.24) is 5.32 Å². The zero-order chi connectivity index (χ0) is 15.6. The van der Waals surface area contributed by atoms with Crippen molar-refractivity contribution in [3.63, 3.8) is 0 Å². The summed E-state index contributed by atoms with van der Waals surface area (Å²) in [5.41, 5.74) is 2.75. The van der Waals surface area contributed by atoms with Gasteiger partial charge in [-0.05, 0) is 71.1 Å². The predicted octanol–water partition coefficient (Wildman–Crippen LogP) is 4.85. The van der Waals surface area contributed by atoms with Crippen molar-refractivity contribution in [2.24, 2.45) is 5.92 Å². The first-order valence-electron chi connectivity index (χ1n) is 8.06. The molecule has 0 unspecified atom stereocenters. The molecule has 0 atom stereocenters. The van der Waals surface area contributed by atoms with Gasteiger partial charge in [-0.2, -0.15) is 0 Å². The van der Waals surface area contributed by atoms with Crippen LogP contribution in [0.25, 0.3) is 0 Å². The van der Waals surface area contributed by atoms with E-state index in [-0.39, 0.29) is 5.54 Å². The number of rotatable bonds is 6. The highest BCUT2D eigenvalue weighted by molar-refractivity contribution is 6.30. The molecule has 0 amide bonds. The molecule has 0 spiro atoms. The quantitative estimate of drug-likeness (QED) is 0.808. The van der Waals surface area contributed by atoms with Crippen LogP contribution in [0.5, 0.6) is 0 Å².